The highest BCUT2D eigenvalue weighted by molar-refractivity contribution is 5.54. The van der Waals surface area contributed by atoms with Crippen LogP contribution in [0.3, 0.4) is 0 Å². The third kappa shape index (κ3) is 4.28. The Morgan fingerprint density at radius 1 is 1.30 bits per heavy atom. The lowest BCUT2D eigenvalue weighted by Gasteiger charge is -2.27. The molecule has 1 aromatic carbocycles. The largest absolute Gasteiger partial charge is 0.497 e. The Bertz CT molecular complexity index is 397. The van der Waals surface area contributed by atoms with Crippen LogP contribution in [-0.4, -0.2) is 46.1 Å². The van der Waals surface area contributed by atoms with E-state index in [1.807, 2.05) is 18.2 Å². The third-order valence-electron chi connectivity index (χ3n) is 3.40. The van der Waals surface area contributed by atoms with Crippen molar-refractivity contribution in [3.63, 3.8) is 0 Å². The summed E-state index contributed by atoms with van der Waals surface area (Å²) < 4.78 is 16.0. The van der Waals surface area contributed by atoms with Crippen molar-refractivity contribution in [1.82, 2.24) is 5.32 Å². The molecule has 112 valence electrons. The molecule has 5 heteroatoms. The number of nitrogens with one attached hydrogen (secondary N) is 2. The summed E-state index contributed by atoms with van der Waals surface area (Å²) in [6, 6.07) is 6.57. The molecule has 0 bridgehead atoms. The highest BCUT2D eigenvalue weighted by Gasteiger charge is 2.16. The van der Waals surface area contributed by atoms with Gasteiger partial charge in [-0.2, -0.15) is 0 Å². The predicted molar refractivity (Wildman–Crippen MR) is 79.9 cm³/mol. The van der Waals surface area contributed by atoms with E-state index in [-0.39, 0.29) is 0 Å². The molecule has 0 radical (unpaired) electrons. The topological polar surface area (TPSA) is 51.8 Å². The normalized spacial score (nSPS) is 20.2. The Hall–Kier alpha value is -1.46. The number of rotatable bonds is 6. The Morgan fingerprint density at radius 3 is 2.55 bits per heavy atom. The van der Waals surface area contributed by atoms with Gasteiger partial charge in [0.05, 0.1) is 27.4 Å². The minimum Gasteiger partial charge on any atom is -0.497 e. The van der Waals surface area contributed by atoms with E-state index in [1.54, 1.807) is 14.2 Å². The molecule has 0 amide bonds. The van der Waals surface area contributed by atoms with E-state index < -0.39 is 0 Å². The van der Waals surface area contributed by atoms with Crippen molar-refractivity contribution in [2.75, 3.05) is 39.3 Å². The lowest BCUT2D eigenvalue weighted by atomic mass is 10.1. The smallest absolute Gasteiger partial charge is 0.124 e. The van der Waals surface area contributed by atoms with Gasteiger partial charge in [0, 0.05) is 42.5 Å². The van der Waals surface area contributed by atoms with Gasteiger partial charge < -0.3 is 24.8 Å². The zero-order valence-corrected chi connectivity index (χ0v) is 12.4. The Kier molecular flexibility index (Phi) is 5.49. The van der Waals surface area contributed by atoms with Crippen molar-refractivity contribution in [1.29, 1.82) is 0 Å². The molecule has 1 fully saturated rings. The van der Waals surface area contributed by atoms with Crippen LogP contribution in [0.2, 0.25) is 0 Å². The molecule has 0 aliphatic carbocycles. The maximum absolute atomic E-state index is 5.48. The van der Waals surface area contributed by atoms with Gasteiger partial charge in [0.1, 0.15) is 11.5 Å². The molecule has 5 nitrogen and oxygen atoms in total. The van der Waals surface area contributed by atoms with Crippen LogP contribution >= 0.6 is 0 Å². The molecule has 0 saturated carbocycles. The summed E-state index contributed by atoms with van der Waals surface area (Å²) in [6.45, 7) is 4.70. The van der Waals surface area contributed by atoms with E-state index in [4.69, 9.17) is 14.2 Å². The van der Waals surface area contributed by atoms with Crippen molar-refractivity contribution >= 4 is 5.69 Å². The molecule has 20 heavy (non-hydrogen) atoms. The van der Waals surface area contributed by atoms with Crippen molar-refractivity contribution in [3.8, 4) is 11.5 Å². The third-order valence-corrected chi connectivity index (χ3v) is 3.40. The van der Waals surface area contributed by atoms with Crippen LogP contribution in [-0.2, 0) is 4.74 Å². The second kappa shape index (κ2) is 7.36. The average Bonchev–Trinajstić information content (AvgIpc) is 2.47. The molecule has 2 rings (SSSR count). The van der Waals surface area contributed by atoms with E-state index in [0.29, 0.717) is 12.1 Å². The molecule has 1 aromatic rings. The molecule has 1 saturated heterocycles. The number of ether oxygens (including phenoxy) is 3. The molecule has 0 aromatic heterocycles. The van der Waals surface area contributed by atoms with Crippen LogP contribution in [0.1, 0.15) is 13.3 Å². The standard InChI is InChI=1S/C15H24N2O3/c1-11(6-13-10-20-5-4-16-13)17-12-7-14(18-2)9-15(8-12)19-3/h7-9,11,13,16-17H,4-6,10H2,1-3H3. The van der Waals surface area contributed by atoms with Gasteiger partial charge >= 0.3 is 0 Å². The molecule has 2 unspecified atom stereocenters. The monoisotopic (exact) mass is 280 g/mol. The van der Waals surface area contributed by atoms with Gasteiger partial charge in [0.2, 0.25) is 0 Å². The van der Waals surface area contributed by atoms with E-state index in [0.717, 1.165) is 43.4 Å². The molecule has 1 heterocycles. The van der Waals surface area contributed by atoms with Crippen LogP contribution in [0, 0.1) is 0 Å². The molecule has 0 spiro atoms. The van der Waals surface area contributed by atoms with Gasteiger partial charge in [-0.25, -0.2) is 0 Å². The van der Waals surface area contributed by atoms with Crippen LogP contribution in [0.4, 0.5) is 5.69 Å². The lowest BCUT2D eigenvalue weighted by molar-refractivity contribution is 0.0731. The zero-order valence-electron chi connectivity index (χ0n) is 12.4. The fraction of sp³-hybridized carbons (Fsp3) is 0.600. The highest BCUT2D eigenvalue weighted by atomic mass is 16.5. The summed E-state index contributed by atoms with van der Waals surface area (Å²) >= 11 is 0. The summed E-state index contributed by atoms with van der Waals surface area (Å²) in [5, 5.41) is 6.95. The summed E-state index contributed by atoms with van der Waals surface area (Å²) in [4.78, 5) is 0. The van der Waals surface area contributed by atoms with Gasteiger partial charge in [-0.3, -0.25) is 0 Å². The second-order valence-electron chi connectivity index (χ2n) is 5.11. The van der Waals surface area contributed by atoms with Crippen molar-refractivity contribution in [3.05, 3.63) is 18.2 Å². The molecule has 2 atom stereocenters. The predicted octanol–water partition coefficient (Wildman–Crippen LogP) is 1.88. The van der Waals surface area contributed by atoms with Crippen LogP contribution < -0.4 is 20.1 Å². The molecule has 1 aliphatic heterocycles. The van der Waals surface area contributed by atoms with Crippen molar-refractivity contribution in [2.45, 2.75) is 25.4 Å². The van der Waals surface area contributed by atoms with Crippen LogP contribution in [0.25, 0.3) is 0 Å². The fourth-order valence-electron chi connectivity index (χ4n) is 2.43. The van der Waals surface area contributed by atoms with Crippen LogP contribution in [0.5, 0.6) is 11.5 Å². The van der Waals surface area contributed by atoms with Gasteiger partial charge in [-0.1, -0.05) is 0 Å². The fourth-order valence-corrected chi connectivity index (χ4v) is 2.43. The summed E-state index contributed by atoms with van der Waals surface area (Å²) in [7, 11) is 3.32. The number of hydrogen-bond acceptors (Lipinski definition) is 5. The quantitative estimate of drug-likeness (QED) is 0.833. The molecular formula is C15H24N2O3. The summed E-state index contributed by atoms with van der Waals surface area (Å²) in [5.74, 6) is 1.58. The number of benzene rings is 1. The molecule has 1 aliphatic rings. The molecule has 2 N–H and O–H groups in total. The minimum absolute atomic E-state index is 0.339. The number of anilines is 1. The second-order valence-corrected chi connectivity index (χ2v) is 5.11. The Balaban J connectivity index is 1.93. The molecular weight excluding hydrogens is 256 g/mol. The SMILES string of the molecule is COc1cc(NC(C)CC2COCCN2)cc(OC)c1. The van der Waals surface area contributed by atoms with Gasteiger partial charge in [0.15, 0.2) is 0 Å². The first-order valence-electron chi connectivity index (χ1n) is 7.02. The van der Waals surface area contributed by atoms with E-state index in [9.17, 15) is 0 Å². The maximum Gasteiger partial charge on any atom is 0.124 e. The lowest BCUT2D eigenvalue weighted by Crippen LogP contribution is -2.43. The van der Waals surface area contributed by atoms with Gasteiger partial charge in [-0.15, -0.1) is 0 Å². The van der Waals surface area contributed by atoms with E-state index >= 15 is 0 Å². The minimum atomic E-state index is 0.339. The first-order valence-corrected chi connectivity index (χ1v) is 7.02. The van der Waals surface area contributed by atoms with Crippen molar-refractivity contribution in [2.24, 2.45) is 0 Å². The van der Waals surface area contributed by atoms with E-state index in [2.05, 4.69) is 17.6 Å². The highest BCUT2D eigenvalue weighted by Crippen LogP contribution is 2.26. The number of morpholine rings is 1. The number of hydrogen-bond donors (Lipinski definition) is 2. The summed E-state index contributed by atoms with van der Waals surface area (Å²) in [6.07, 6.45) is 1.01. The van der Waals surface area contributed by atoms with Gasteiger partial charge in [0.25, 0.3) is 0 Å². The zero-order chi connectivity index (χ0) is 14.4. The Labute approximate surface area is 120 Å². The van der Waals surface area contributed by atoms with Gasteiger partial charge in [-0.05, 0) is 13.3 Å². The average molecular weight is 280 g/mol. The first kappa shape index (κ1) is 14.9. The Morgan fingerprint density at radius 2 is 2.00 bits per heavy atom. The van der Waals surface area contributed by atoms with Crippen molar-refractivity contribution < 1.29 is 14.2 Å². The van der Waals surface area contributed by atoms with E-state index in [1.165, 1.54) is 0 Å². The maximum atomic E-state index is 5.48. The summed E-state index contributed by atoms with van der Waals surface area (Å²) in [5.41, 5.74) is 1.01. The first-order chi connectivity index (χ1) is 9.71. The number of methoxy groups -OCH3 is 2. The van der Waals surface area contributed by atoms with Crippen LogP contribution in [0.15, 0.2) is 18.2 Å².